The molecule has 0 aromatic carbocycles. The Morgan fingerprint density at radius 2 is 1.72 bits per heavy atom. The fraction of sp³-hybridized carbons (Fsp3) is 0.929. The third-order valence-electron chi connectivity index (χ3n) is 5.46. The molecule has 0 amide bonds. The highest BCUT2D eigenvalue weighted by molar-refractivity contribution is 5.76. The molecule has 8 atom stereocenters. The zero-order valence-electron chi connectivity index (χ0n) is 10.9. The van der Waals surface area contributed by atoms with Crippen LogP contribution >= 0.6 is 0 Å². The van der Waals surface area contributed by atoms with E-state index in [1.807, 2.05) is 0 Å². The van der Waals surface area contributed by atoms with Gasteiger partial charge in [0.1, 0.15) is 0 Å². The monoisotopic (exact) mass is 252 g/mol. The maximum atomic E-state index is 11.8. The van der Waals surface area contributed by atoms with Crippen molar-refractivity contribution >= 4 is 5.97 Å². The van der Waals surface area contributed by atoms with Crippen LogP contribution in [0.3, 0.4) is 0 Å². The van der Waals surface area contributed by atoms with Crippen LogP contribution in [-0.2, 0) is 19.0 Å². The summed E-state index contributed by atoms with van der Waals surface area (Å²) in [6.45, 7) is 4.90. The predicted octanol–water partition coefficient (Wildman–Crippen LogP) is 1.38. The molecule has 18 heavy (non-hydrogen) atoms. The minimum absolute atomic E-state index is 0.00972. The number of hydrogen-bond donors (Lipinski definition) is 0. The molecule has 4 heterocycles. The van der Waals surface area contributed by atoms with Crippen molar-refractivity contribution < 1.29 is 19.0 Å². The van der Waals surface area contributed by atoms with Crippen LogP contribution in [0.1, 0.15) is 26.7 Å². The molecule has 4 aliphatic heterocycles. The Balaban J connectivity index is 1.69. The largest absolute Gasteiger partial charge is 0.465 e. The summed E-state index contributed by atoms with van der Waals surface area (Å²) >= 11 is 0. The van der Waals surface area contributed by atoms with Crippen molar-refractivity contribution in [3.05, 3.63) is 0 Å². The lowest BCUT2D eigenvalue weighted by Gasteiger charge is -2.30. The zero-order chi connectivity index (χ0) is 12.4. The molecule has 4 nitrogen and oxygen atoms in total. The molecule has 4 saturated heterocycles. The third kappa shape index (κ3) is 1.16. The van der Waals surface area contributed by atoms with Crippen LogP contribution in [0.2, 0.25) is 0 Å². The predicted molar refractivity (Wildman–Crippen MR) is 62.8 cm³/mol. The van der Waals surface area contributed by atoms with Gasteiger partial charge in [0.2, 0.25) is 0 Å². The number of esters is 1. The van der Waals surface area contributed by atoms with Crippen LogP contribution in [0.4, 0.5) is 0 Å². The first-order valence-corrected chi connectivity index (χ1v) is 7.23. The summed E-state index contributed by atoms with van der Waals surface area (Å²) in [5.74, 6) is 1.14. The van der Waals surface area contributed by atoms with Crippen LogP contribution in [0.25, 0.3) is 0 Å². The standard InChI is InChI=1S/C14H20O4/c1-3-7-10-11(8(4-2)17-7)13-9-6(12(10)18-13)5-16-14(9)15/h6-13H,3-5H2,1-2H3. The van der Waals surface area contributed by atoms with Crippen LogP contribution < -0.4 is 0 Å². The van der Waals surface area contributed by atoms with E-state index in [4.69, 9.17) is 14.2 Å². The molecule has 4 heteroatoms. The first-order valence-electron chi connectivity index (χ1n) is 7.23. The smallest absolute Gasteiger partial charge is 0.312 e. The first kappa shape index (κ1) is 11.2. The highest BCUT2D eigenvalue weighted by Gasteiger charge is 2.69. The molecule has 0 N–H and O–H groups in total. The Labute approximate surface area is 107 Å². The van der Waals surface area contributed by atoms with E-state index in [0.717, 1.165) is 12.8 Å². The van der Waals surface area contributed by atoms with Gasteiger partial charge in [-0.3, -0.25) is 4.79 Å². The van der Waals surface area contributed by atoms with Gasteiger partial charge >= 0.3 is 5.97 Å². The topological polar surface area (TPSA) is 44.8 Å². The van der Waals surface area contributed by atoms with Crippen molar-refractivity contribution in [2.24, 2.45) is 23.7 Å². The fourth-order valence-electron chi connectivity index (χ4n) is 4.80. The average molecular weight is 252 g/mol. The van der Waals surface area contributed by atoms with Gasteiger partial charge < -0.3 is 14.2 Å². The summed E-state index contributed by atoms with van der Waals surface area (Å²) in [6, 6.07) is 0. The number of cyclic esters (lactones) is 1. The van der Waals surface area contributed by atoms with Gasteiger partial charge in [-0.05, 0) is 12.8 Å². The Morgan fingerprint density at radius 3 is 2.39 bits per heavy atom. The Bertz CT molecular complexity index is 382. The summed E-state index contributed by atoms with van der Waals surface area (Å²) < 4.78 is 17.6. The van der Waals surface area contributed by atoms with Crippen molar-refractivity contribution in [1.82, 2.24) is 0 Å². The van der Waals surface area contributed by atoms with Gasteiger partial charge in [-0.2, -0.15) is 0 Å². The van der Waals surface area contributed by atoms with Crippen molar-refractivity contribution in [3.8, 4) is 0 Å². The van der Waals surface area contributed by atoms with Gasteiger partial charge in [0.15, 0.2) is 0 Å². The number of rotatable bonds is 2. The summed E-state index contributed by atoms with van der Waals surface area (Å²) in [7, 11) is 0. The zero-order valence-corrected chi connectivity index (χ0v) is 10.9. The highest BCUT2D eigenvalue weighted by Crippen LogP contribution is 2.59. The summed E-state index contributed by atoms with van der Waals surface area (Å²) in [6.07, 6.45) is 2.88. The molecule has 4 aliphatic rings. The third-order valence-corrected chi connectivity index (χ3v) is 5.46. The molecule has 4 fully saturated rings. The molecule has 0 aromatic heterocycles. The fourth-order valence-corrected chi connectivity index (χ4v) is 4.80. The summed E-state index contributed by atoms with van der Waals surface area (Å²) in [5, 5.41) is 0. The Hall–Kier alpha value is -0.610. The van der Waals surface area contributed by atoms with Gasteiger partial charge in [0, 0.05) is 17.8 Å². The SMILES string of the molecule is CCC1OC(CC)C2C3OC(C4COC(=O)C43)C12. The second kappa shape index (κ2) is 3.70. The Kier molecular flexibility index (Phi) is 2.31. The van der Waals surface area contributed by atoms with E-state index >= 15 is 0 Å². The number of ether oxygens (including phenoxy) is 3. The van der Waals surface area contributed by atoms with Crippen molar-refractivity contribution in [2.45, 2.75) is 51.1 Å². The number of carbonyl (C=O) groups is 1. The normalized spacial score (nSPS) is 56.7. The number of hydrogen-bond acceptors (Lipinski definition) is 4. The van der Waals surface area contributed by atoms with Crippen LogP contribution in [0, 0.1) is 23.7 Å². The number of carbonyl (C=O) groups excluding carboxylic acids is 1. The summed E-state index contributed by atoms with van der Waals surface area (Å²) in [5.41, 5.74) is 0. The van der Waals surface area contributed by atoms with Crippen LogP contribution in [0.15, 0.2) is 0 Å². The van der Waals surface area contributed by atoms with E-state index in [-0.39, 0.29) is 36.1 Å². The van der Waals surface area contributed by atoms with E-state index in [2.05, 4.69) is 13.8 Å². The van der Waals surface area contributed by atoms with Gasteiger partial charge in [-0.15, -0.1) is 0 Å². The molecule has 2 bridgehead atoms. The van der Waals surface area contributed by atoms with Gasteiger partial charge in [-0.25, -0.2) is 0 Å². The highest BCUT2D eigenvalue weighted by atomic mass is 16.6. The van der Waals surface area contributed by atoms with E-state index < -0.39 is 0 Å². The number of fused-ring (bicyclic) bond motifs is 8. The Morgan fingerprint density at radius 1 is 1.06 bits per heavy atom. The van der Waals surface area contributed by atoms with Crippen molar-refractivity contribution in [1.29, 1.82) is 0 Å². The van der Waals surface area contributed by atoms with Gasteiger partial charge in [0.25, 0.3) is 0 Å². The lowest BCUT2D eigenvalue weighted by atomic mass is 9.67. The minimum Gasteiger partial charge on any atom is -0.465 e. The second-order valence-corrected chi connectivity index (χ2v) is 6.07. The molecule has 0 aliphatic carbocycles. The average Bonchev–Trinajstić information content (AvgIpc) is 3.07. The van der Waals surface area contributed by atoms with Crippen molar-refractivity contribution in [2.75, 3.05) is 6.61 Å². The van der Waals surface area contributed by atoms with Crippen molar-refractivity contribution in [3.63, 3.8) is 0 Å². The quantitative estimate of drug-likeness (QED) is 0.696. The minimum atomic E-state index is -0.0410. The summed E-state index contributed by atoms with van der Waals surface area (Å²) in [4.78, 5) is 11.8. The maximum Gasteiger partial charge on any atom is 0.312 e. The molecule has 0 aromatic rings. The van der Waals surface area contributed by atoms with E-state index in [0.29, 0.717) is 24.5 Å². The molecule has 0 spiro atoms. The lowest BCUT2D eigenvalue weighted by molar-refractivity contribution is -0.145. The van der Waals surface area contributed by atoms with E-state index in [1.165, 1.54) is 0 Å². The van der Waals surface area contributed by atoms with Gasteiger partial charge in [0.05, 0.1) is 36.9 Å². The molecule has 0 saturated carbocycles. The maximum absolute atomic E-state index is 11.8. The molecular weight excluding hydrogens is 232 g/mol. The first-order chi connectivity index (χ1) is 8.76. The van der Waals surface area contributed by atoms with E-state index in [1.54, 1.807) is 0 Å². The van der Waals surface area contributed by atoms with Gasteiger partial charge in [-0.1, -0.05) is 13.8 Å². The van der Waals surface area contributed by atoms with Crippen LogP contribution in [-0.4, -0.2) is 37.0 Å². The molecule has 100 valence electrons. The van der Waals surface area contributed by atoms with E-state index in [9.17, 15) is 4.79 Å². The van der Waals surface area contributed by atoms with Crippen LogP contribution in [0.5, 0.6) is 0 Å². The molecule has 0 radical (unpaired) electrons. The lowest BCUT2D eigenvalue weighted by Crippen LogP contribution is -2.43. The molecular formula is C14H20O4. The second-order valence-electron chi connectivity index (χ2n) is 6.07. The molecule has 4 rings (SSSR count). The molecule has 8 unspecified atom stereocenters.